The van der Waals surface area contributed by atoms with Crippen LogP contribution in [0, 0.1) is 12.8 Å². The third kappa shape index (κ3) is 5.57. The number of nitrogens with one attached hydrogen (secondary N) is 1. The molecule has 0 spiro atoms. The molecule has 218 valence electrons. The maximum atomic E-state index is 13.6. The number of nitrogens with zero attached hydrogens (tertiary/aromatic N) is 3. The summed E-state index contributed by atoms with van der Waals surface area (Å²) in [6, 6.07) is 6.13. The summed E-state index contributed by atoms with van der Waals surface area (Å²) in [5, 5.41) is 1.06. The van der Waals surface area contributed by atoms with Gasteiger partial charge in [-0.2, -0.15) is 0 Å². The molecule has 5 heterocycles. The van der Waals surface area contributed by atoms with E-state index in [0.717, 1.165) is 58.1 Å². The maximum absolute atomic E-state index is 13.6. The van der Waals surface area contributed by atoms with E-state index < -0.39 is 5.60 Å². The number of ether oxygens (including phenoxy) is 3. The van der Waals surface area contributed by atoms with Gasteiger partial charge in [0, 0.05) is 62.1 Å². The van der Waals surface area contributed by atoms with Crippen molar-refractivity contribution in [3.05, 3.63) is 52.8 Å². The van der Waals surface area contributed by atoms with Gasteiger partial charge in [-0.3, -0.25) is 9.69 Å². The predicted octanol–water partition coefficient (Wildman–Crippen LogP) is 5.16. The van der Waals surface area contributed by atoms with Crippen LogP contribution < -0.4 is 0 Å². The highest BCUT2D eigenvalue weighted by molar-refractivity contribution is 5.86. The molecule has 3 aromatic rings. The standard InChI is InChI=1S/C32H40N4O5/c1-20-16-33-29-25(20)15-23(17-34-29)24-6-5-21-7-10-35(30(37)22-8-12-39-13-9-22)18-26(21)28(24)27-19-40-14-11-36(27)31(38)41-32(2,3)4/h5-6,15-17,22,27H,7-14,18-19H2,1-4H3,(H,33,34). The SMILES string of the molecule is Cc1c[nH]c2ncc(-c3ccc4c(c3C3COCCN3C(=O)OC(C)(C)C)CN(C(=O)C3CCOCC3)CC4)cc12. The van der Waals surface area contributed by atoms with E-state index in [1.807, 2.05) is 38.1 Å². The summed E-state index contributed by atoms with van der Waals surface area (Å²) in [7, 11) is 0. The van der Waals surface area contributed by atoms with E-state index in [4.69, 9.17) is 19.2 Å². The fraction of sp³-hybridized carbons (Fsp3) is 0.531. The van der Waals surface area contributed by atoms with Crippen molar-refractivity contribution < 1.29 is 23.8 Å². The van der Waals surface area contributed by atoms with Crippen LogP contribution in [0.2, 0.25) is 0 Å². The van der Waals surface area contributed by atoms with Gasteiger partial charge in [0.2, 0.25) is 5.91 Å². The van der Waals surface area contributed by atoms with Gasteiger partial charge >= 0.3 is 6.09 Å². The Morgan fingerprint density at radius 1 is 1.10 bits per heavy atom. The molecule has 9 nitrogen and oxygen atoms in total. The number of hydrogen-bond donors (Lipinski definition) is 1. The number of benzene rings is 1. The predicted molar refractivity (Wildman–Crippen MR) is 155 cm³/mol. The van der Waals surface area contributed by atoms with Crippen LogP contribution in [0.4, 0.5) is 4.79 Å². The summed E-state index contributed by atoms with van der Waals surface area (Å²) < 4.78 is 17.4. The van der Waals surface area contributed by atoms with Crippen LogP contribution in [0.25, 0.3) is 22.2 Å². The number of carbonyl (C=O) groups excluding carboxylic acids is 2. The van der Waals surface area contributed by atoms with Crippen LogP contribution in [0.1, 0.15) is 61.9 Å². The highest BCUT2D eigenvalue weighted by Crippen LogP contribution is 2.40. The summed E-state index contributed by atoms with van der Waals surface area (Å²) >= 11 is 0. The van der Waals surface area contributed by atoms with E-state index >= 15 is 0 Å². The van der Waals surface area contributed by atoms with Crippen molar-refractivity contribution in [2.45, 2.75) is 65.1 Å². The molecule has 41 heavy (non-hydrogen) atoms. The summed E-state index contributed by atoms with van der Waals surface area (Å²) in [5.41, 5.74) is 6.65. The zero-order chi connectivity index (χ0) is 28.7. The summed E-state index contributed by atoms with van der Waals surface area (Å²) in [5.74, 6) is 0.196. The first-order valence-electron chi connectivity index (χ1n) is 14.7. The number of pyridine rings is 1. The van der Waals surface area contributed by atoms with Crippen LogP contribution in [0.15, 0.2) is 30.6 Å². The molecular weight excluding hydrogens is 520 g/mol. The molecule has 0 radical (unpaired) electrons. The molecule has 2 saturated heterocycles. The molecule has 2 fully saturated rings. The zero-order valence-electron chi connectivity index (χ0n) is 24.5. The molecule has 1 N–H and O–H groups in total. The fourth-order valence-corrected chi connectivity index (χ4v) is 6.34. The lowest BCUT2D eigenvalue weighted by Crippen LogP contribution is -2.47. The molecule has 2 aromatic heterocycles. The quantitative estimate of drug-likeness (QED) is 0.476. The number of aryl methyl sites for hydroxylation is 1. The van der Waals surface area contributed by atoms with Gasteiger partial charge in [0.05, 0.1) is 19.3 Å². The normalized spacial score (nSPS) is 20.2. The van der Waals surface area contributed by atoms with Crippen molar-refractivity contribution in [3.63, 3.8) is 0 Å². The Hall–Kier alpha value is -3.43. The van der Waals surface area contributed by atoms with Gasteiger partial charge in [0.25, 0.3) is 0 Å². The number of aromatic amines is 1. The Labute approximate surface area is 241 Å². The second kappa shape index (κ2) is 11.1. The number of carbonyl (C=O) groups is 2. The largest absolute Gasteiger partial charge is 0.444 e. The number of fused-ring (bicyclic) bond motifs is 2. The number of aromatic nitrogens is 2. The average molecular weight is 561 g/mol. The second-order valence-corrected chi connectivity index (χ2v) is 12.4. The molecule has 9 heteroatoms. The van der Waals surface area contributed by atoms with E-state index in [-0.39, 0.29) is 24.0 Å². The lowest BCUT2D eigenvalue weighted by Gasteiger charge is -2.41. The van der Waals surface area contributed by atoms with Gasteiger partial charge in [0.15, 0.2) is 0 Å². The van der Waals surface area contributed by atoms with Gasteiger partial charge in [-0.1, -0.05) is 12.1 Å². The fourth-order valence-electron chi connectivity index (χ4n) is 6.34. The second-order valence-electron chi connectivity index (χ2n) is 12.4. The Balaban J connectivity index is 1.46. The van der Waals surface area contributed by atoms with Crippen molar-refractivity contribution in [3.8, 4) is 11.1 Å². The molecule has 6 rings (SSSR count). The van der Waals surface area contributed by atoms with Crippen molar-refractivity contribution in [2.75, 3.05) is 39.5 Å². The monoisotopic (exact) mass is 560 g/mol. The minimum Gasteiger partial charge on any atom is -0.444 e. The van der Waals surface area contributed by atoms with E-state index in [0.29, 0.717) is 46.1 Å². The molecule has 0 bridgehead atoms. The van der Waals surface area contributed by atoms with E-state index in [1.165, 1.54) is 5.56 Å². The molecule has 3 aliphatic rings. The molecule has 0 saturated carbocycles. The van der Waals surface area contributed by atoms with Crippen LogP contribution in [-0.2, 0) is 32.0 Å². The number of morpholine rings is 1. The van der Waals surface area contributed by atoms with Gasteiger partial charge < -0.3 is 24.1 Å². The minimum absolute atomic E-state index is 0.00335. The Morgan fingerprint density at radius 2 is 1.90 bits per heavy atom. The summed E-state index contributed by atoms with van der Waals surface area (Å²) in [4.78, 5) is 38.9. The van der Waals surface area contributed by atoms with Crippen LogP contribution >= 0.6 is 0 Å². The third-order valence-electron chi connectivity index (χ3n) is 8.47. The molecule has 1 aromatic carbocycles. The molecular formula is C32H40N4O5. The van der Waals surface area contributed by atoms with Crippen LogP contribution in [0.3, 0.4) is 0 Å². The van der Waals surface area contributed by atoms with Gasteiger partial charge in [-0.15, -0.1) is 0 Å². The first kappa shape index (κ1) is 27.7. The van der Waals surface area contributed by atoms with Gasteiger partial charge in [-0.25, -0.2) is 9.78 Å². The lowest BCUT2D eigenvalue weighted by molar-refractivity contribution is -0.139. The average Bonchev–Trinajstić information content (AvgIpc) is 3.35. The smallest absolute Gasteiger partial charge is 0.410 e. The summed E-state index contributed by atoms with van der Waals surface area (Å²) in [6.45, 7) is 11.4. The first-order valence-corrected chi connectivity index (χ1v) is 14.7. The van der Waals surface area contributed by atoms with Gasteiger partial charge in [0.1, 0.15) is 11.2 Å². The highest BCUT2D eigenvalue weighted by atomic mass is 16.6. The van der Waals surface area contributed by atoms with E-state index in [2.05, 4.69) is 30.1 Å². The maximum Gasteiger partial charge on any atom is 0.410 e. The van der Waals surface area contributed by atoms with E-state index in [1.54, 1.807) is 4.90 Å². The Kier molecular flexibility index (Phi) is 7.50. The summed E-state index contributed by atoms with van der Waals surface area (Å²) in [6.07, 6.45) is 5.80. The van der Waals surface area contributed by atoms with Crippen LogP contribution in [0.5, 0.6) is 0 Å². The first-order chi connectivity index (χ1) is 19.7. The number of amides is 2. The van der Waals surface area contributed by atoms with Gasteiger partial charge in [-0.05, 0) is 80.8 Å². The number of rotatable bonds is 3. The Morgan fingerprint density at radius 3 is 2.68 bits per heavy atom. The zero-order valence-corrected chi connectivity index (χ0v) is 24.5. The third-order valence-corrected chi connectivity index (χ3v) is 8.47. The topological polar surface area (TPSA) is 97.0 Å². The highest BCUT2D eigenvalue weighted by Gasteiger charge is 2.37. The van der Waals surface area contributed by atoms with Crippen molar-refractivity contribution in [2.24, 2.45) is 5.92 Å². The number of hydrogen-bond acceptors (Lipinski definition) is 6. The number of H-pyrrole nitrogens is 1. The van der Waals surface area contributed by atoms with Crippen molar-refractivity contribution in [1.29, 1.82) is 0 Å². The molecule has 0 aliphatic carbocycles. The molecule has 1 atom stereocenters. The van der Waals surface area contributed by atoms with Crippen molar-refractivity contribution in [1.82, 2.24) is 19.8 Å². The molecule has 1 unspecified atom stereocenters. The minimum atomic E-state index is -0.618. The molecule has 3 aliphatic heterocycles. The van der Waals surface area contributed by atoms with Crippen LogP contribution in [-0.4, -0.2) is 76.9 Å². The Bertz CT molecular complexity index is 1450. The van der Waals surface area contributed by atoms with E-state index in [9.17, 15) is 9.59 Å². The molecule has 2 amide bonds. The van der Waals surface area contributed by atoms with Crippen molar-refractivity contribution >= 4 is 23.0 Å². The lowest BCUT2D eigenvalue weighted by atomic mass is 9.84.